The van der Waals surface area contributed by atoms with Crippen LogP contribution in [0.3, 0.4) is 0 Å². The minimum Gasteiger partial charge on any atom is -0.459 e. The fraction of sp³-hybridized carbons (Fsp3) is 0.878. The third-order valence-electron chi connectivity index (χ3n) is 12.5. The second-order valence-corrected chi connectivity index (χ2v) is 17.9. The molecule has 0 aromatic rings. The Balaban J connectivity index is 1.67. The average molecular weight is 771 g/mol. The number of esters is 1. The molecule has 2 bridgehead atoms. The lowest BCUT2D eigenvalue weighted by Gasteiger charge is -2.51. The molecule has 0 aromatic carbocycles. The predicted molar refractivity (Wildman–Crippen MR) is 200 cm³/mol. The van der Waals surface area contributed by atoms with Gasteiger partial charge in [-0.2, -0.15) is 0 Å². The highest BCUT2D eigenvalue weighted by atomic mass is 16.7. The van der Waals surface area contributed by atoms with E-state index in [0.29, 0.717) is 44.9 Å². The van der Waals surface area contributed by atoms with Gasteiger partial charge in [0.1, 0.15) is 23.9 Å². The summed E-state index contributed by atoms with van der Waals surface area (Å²) >= 11 is 0. The minimum atomic E-state index is -2.08. The van der Waals surface area contributed by atoms with E-state index < -0.39 is 88.9 Å². The van der Waals surface area contributed by atoms with E-state index in [4.69, 9.17) is 18.9 Å². The summed E-state index contributed by atoms with van der Waals surface area (Å²) in [4.78, 5) is 13.4. The van der Waals surface area contributed by atoms with Gasteiger partial charge in [0.05, 0.1) is 41.7 Å². The molecule has 4 aliphatic heterocycles. The van der Waals surface area contributed by atoms with E-state index in [1.165, 1.54) is 20.8 Å². The molecule has 4 heterocycles. The zero-order valence-corrected chi connectivity index (χ0v) is 33.5. The summed E-state index contributed by atoms with van der Waals surface area (Å²) < 4.78 is 25.8. The number of aliphatic hydroxyl groups excluding tert-OH is 5. The second-order valence-electron chi connectivity index (χ2n) is 17.9. The lowest BCUT2D eigenvalue weighted by molar-refractivity contribution is -0.352. The Morgan fingerprint density at radius 2 is 1.54 bits per heavy atom. The average Bonchev–Trinajstić information content (AvgIpc) is 3.33. The number of carbonyl (C=O) groups is 1. The molecule has 0 aromatic heterocycles. The van der Waals surface area contributed by atoms with Gasteiger partial charge in [-0.25, -0.2) is 4.79 Å². The predicted octanol–water partition coefficient (Wildman–Crippen LogP) is 3.30. The Bertz CT molecular complexity index is 1280. The van der Waals surface area contributed by atoms with Crippen molar-refractivity contribution < 1.29 is 64.6 Å². The molecule has 15 atom stereocenters. The smallest absolute Gasteiger partial charge is 0.330 e. The number of hydrogen-bond donors (Lipinski definition) is 8. The molecule has 4 aliphatic rings. The summed E-state index contributed by atoms with van der Waals surface area (Å²) in [5, 5.41) is 88.6. The summed E-state index contributed by atoms with van der Waals surface area (Å²) in [6.07, 6.45) is 3.50. The number of fused-ring (bicyclic) bond motifs is 3. The highest BCUT2D eigenvalue weighted by molar-refractivity contribution is 5.82. The highest BCUT2D eigenvalue weighted by Crippen LogP contribution is 2.49. The van der Waals surface area contributed by atoms with Gasteiger partial charge in [0.15, 0.2) is 11.6 Å². The van der Waals surface area contributed by atoms with Gasteiger partial charge in [0.25, 0.3) is 0 Å². The first kappa shape index (κ1) is 45.2. The van der Waals surface area contributed by atoms with Crippen molar-refractivity contribution in [3.05, 3.63) is 24.3 Å². The van der Waals surface area contributed by atoms with Crippen LogP contribution in [-0.4, -0.2) is 124 Å². The number of carbonyl (C=O) groups excluding carboxylic acids is 1. The van der Waals surface area contributed by atoms with Crippen LogP contribution in [0.25, 0.3) is 0 Å². The van der Waals surface area contributed by atoms with Gasteiger partial charge in [-0.3, -0.25) is 0 Å². The number of aliphatic hydroxyl groups is 8. The van der Waals surface area contributed by atoms with Gasteiger partial charge in [0.2, 0.25) is 0 Å². The zero-order chi connectivity index (χ0) is 40.3. The number of rotatable bonds is 3. The van der Waals surface area contributed by atoms with E-state index in [-0.39, 0.29) is 31.3 Å². The van der Waals surface area contributed by atoms with Gasteiger partial charge in [-0.1, -0.05) is 45.8 Å². The van der Waals surface area contributed by atoms with Crippen LogP contribution in [0.4, 0.5) is 0 Å². The lowest BCUT2D eigenvalue weighted by Crippen LogP contribution is -2.58. The Labute approximate surface area is 321 Å². The first-order valence-electron chi connectivity index (χ1n) is 20.2. The van der Waals surface area contributed by atoms with Crippen molar-refractivity contribution in [3.63, 3.8) is 0 Å². The number of ether oxygens (including phenoxy) is 4. The molecule has 54 heavy (non-hydrogen) atoms. The standard InChI is InChI=1S/C41H70O13/c1-8-28(42)21-29-16-14-19-40(52-29)23-30-25(2)31(53-40)24-41(50)27(22-37(4,5)54-41)15-12-10-9-11-13-18-38(6,48)36(47)34(45)33(44)26(3)35(46)39(7,49)20-17-32(43)51-30/h12,15,17,20,25-31,33-36,42,44-50H,8-11,13-14,16,18-19,21-24H2,1-7H3/b15-12-,20-17-. The molecule has 0 amide bonds. The largest absolute Gasteiger partial charge is 0.459 e. The van der Waals surface area contributed by atoms with Crippen LogP contribution < -0.4 is 0 Å². The molecule has 13 heteroatoms. The molecule has 0 aliphatic carbocycles. The molecular formula is C41H70O13. The normalized spacial score (nSPS) is 47.9. The lowest BCUT2D eigenvalue weighted by atomic mass is 9.79. The van der Waals surface area contributed by atoms with E-state index in [0.717, 1.165) is 31.4 Å². The molecule has 3 fully saturated rings. The zero-order valence-electron chi connectivity index (χ0n) is 33.5. The molecule has 4 rings (SSSR count). The number of allylic oxidation sites excluding steroid dienone is 1. The molecular weight excluding hydrogens is 700 g/mol. The minimum absolute atomic E-state index is 0.0776. The summed E-state index contributed by atoms with van der Waals surface area (Å²) in [7, 11) is 0. The van der Waals surface area contributed by atoms with Crippen LogP contribution in [0, 0.1) is 17.8 Å². The van der Waals surface area contributed by atoms with Gasteiger partial charge in [-0.15, -0.1) is 0 Å². The fourth-order valence-corrected chi connectivity index (χ4v) is 8.86. The van der Waals surface area contributed by atoms with Crippen LogP contribution in [0.5, 0.6) is 0 Å². The quantitative estimate of drug-likeness (QED) is 0.153. The van der Waals surface area contributed by atoms with Gasteiger partial charge >= 0.3 is 5.97 Å². The highest BCUT2D eigenvalue weighted by Gasteiger charge is 2.56. The Kier molecular flexibility index (Phi) is 15.0. The monoisotopic (exact) mass is 770 g/mol. The molecule has 8 N–H and O–H groups in total. The molecule has 0 saturated carbocycles. The van der Waals surface area contributed by atoms with Crippen molar-refractivity contribution in [2.24, 2.45) is 17.8 Å². The maximum atomic E-state index is 13.4. The van der Waals surface area contributed by atoms with Gasteiger partial charge < -0.3 is 59.8 Å². The molecule has 13 nitrogen and oxygen atoms in total. The van der Waals surface area contributed by atoms with E-state index in [1.54, 1.807) is 0 Å². The molecule has 15 unspecified atom stereocenters. The summed E-state index contributed by atoms with van der Waals surface area (Å²) in [5.74, 6) is -5.54. The fourth-order valence-electron chi connectivity index (χ4n) is 8.86. The number of hydrogen-bond acceptors (Lipinski definition) is 13. The third kappa shape index (κ3) is 11.1. The van der Waals surface area contributed by atoms with Crippen molar-refractivity contribution in [1.82, 2.24) is 0 Å². The van der Waals surface area contributed by atoms with Crippen molar-refractivity contribution in [2.45, 2.75) is 209 Å². The topological polar surface area (TPSA) is 216 Å². The van der Waals surface area contributed by atoms with E-state index in [2.05, 4.69) is 0 Å². The summed E-state index contributed by atoms with van der Waals surface area (Å²) in [5.41, 5.74) is -4.46. The van der Waals surface area contributed by atoms with Crippen LogP contribution in [-0.2, 0) is 23.7 Å². The van der Waals surface area contributed by atoms with Gasteiger partial charge in [-0.05, 0) is 85.1 Å². The Hall–Kier alpha value is -1.49. The maximum absolute atomic E-state index is 13.4. The van der Waals surface area contributed by atoms with E-state index >= 15 is 0 Å². The Morgan fingerprint density at radius 1 is 0.833 bits per heavy atom. The van der Waals surface area contributed by atoms with Gasteiger partial charge in [0, 0.05) is 43.1 Å². The molecule has 1 spiro atoms. The first-order valence-corrected chi connectivity index (χ1v) is 20.2. The van der Waals surface area contributed by atoms with E-state index in [1.807, 2.05) is 39.8 Å². The van der Waals surface area contributed by atoms with Crippen LogP contribution >= 0.6 is 0 Å². The van der Waals surface area contributed by atoms with Crippen molar-refractivity contribution in [3.8, 4) is 0 Å². The third-order valence-corrected chi connectivity index (χ3v) is 12.5. The van der Waals surface area contributed by atoms with Crippen molar-refractivity contribution in [2.75, 3.05) is 0 Å². The van der Waals surface area contributed by atoms with Crippen LogP contribution in [0.15, 0.2) is 24.3 Å². The maximum Gasteiger partial charge on any atom is 0.330 e. The first-order chi connectivity index (χ1) is 25.0. The molecule has 0 radical (unpaired) electrons. The van der Waals surface area contributed by atoms with E-state index in [9.17, 15) is 45.6 Å². The Morgan fingerprint density at radius 3 is 2.22 bits per heavy atom. The van der Waals surface area contributed by atoms with Crippen LogP contribution in [0.1, 0.15) is 132 Å². The SMILES string of the molecule is CCC(O)CC1CCCC2(CC3OC(=O)/C=C\C(C)(O)C(O)C(C)C(O)C(O)C(O)C(C)(O)CCCCC/C=C\C4CC(C)(C)OC4(O)CC(O2)C3C)O1. The molecule has 3 saturated heterocycles. The summed E-state index contributed by atoms with van der Waals surface area (Å²) in [6.45, 7) is 11.7. The second kappa shape index (κ2) is 18.0. The summed E-state index contributed by atoms with van der Waals surface area (Å²) in [6, 6.07) is 0. The van der Waals surface area contributed by atoms with Crippen LogP contribution in [0.2, 0.25) is 0 Å². The molecule has 312 valence electrons. The van der Waals surface area contributed by atoms with Crippen molar-refractivity contribution in [1.29, 1.82) is 0 Å². The van der Waals surface area contributed by atoms with Crippen molar-refractivity contribution >= 4 is 5.97 Å².